The molecule has 24 heavy (non-hydrogen) atoms. The van der Waals surface area contributed by atoms with Crippen LogP contribution in [-0.4, -0.2) is 44.3 Å². The Labute approximate surface area is 142 Å². The lowest BCUT2D eigenvalue weighted by Crippen LogP contribution is -2.43. The van der Waals surface area contributed by atoms with Crippen LogP contribution in [0.1, 0.15) is 5.56 Å². The van der Waals surface area contributed by atoms with Crippen molar-refractivity contribution in [2.24, 2.45) is 0 Å². The molecule has 5 nitrogen and oxygen atoms in total. The lowest BCUT2D eigenvalue weighted by atomic mass is 10.2. The van der Waals surface area contributed by atoms with Gasteiger partial charge in [-0.25, -0.2) is 4.79 Å². The zero-order valence-corrected chi connectivity index (χ0v) is 13.9. The number of ether oxygens (including phenoxy) is 1. The van der Waals surface area contributed by atoms with Crippen molar-refractivity contribution in [3.05, 3.63) is 60.2 Å². The lowest BCUT2D eigenvalue weighted by molar-refractivity contribution is 0.0564. The van der Waals surface area contributed by atoms with E-state index in [1.165, 1.54) is 5.56 Å². The smallest absolute Gasteiger partial charge is 0.322 e. The molecule has 3 rings (SSSR count). The first-order valence-corrected chi connectivity index (χ1v) is 8.22. The first kappa shape index (κ1) is 16.3. The standard InChI is InChI=1S/C19H23N3O2/c1-21(15-16-7-3-2-4-8-16)18-10-6-5-9-17(18)20-19(23)22-11-13-24-14-12-22/h2-10H,11-15H2,1H3,(H,20,23). The van der Waals surface area contributed by atoms with E-state index in [-0.39, 0.29) is 6.03 Å². The zero-order chi connectivity index (χ0) is 16.8. The van der Waals surface area contributed by atoms with E-state index < -0.39 is 0 Å². The number of rotatable bonds is 4. The van der Waals surface area contributed by atoms with Crippen LogP contribution in [-0.2, 0) is 11.3 Å². The molecule has 1 fully saturated rings. The topological polar surface area (TPSA) is 44.8 Å². The number of nitrogens with one attached hydrogen (secondary N) is 1. The molecule has 0 bridgehead atoms. The molecule has 1 saturated heterocycles. The first-order chi connectivity index (χ1) is 11.7. The summed E-state index contributed by atoms with van der Waals surface area (Å²) in [5.74, 6) is 0. The number of morpholine rings is 1. The molecule has 0 radical (unpaired) electrons. The molecule has 126 valence electrons. The van der Waals surface area contributed by atoms with Gasteiger partial charge in [-0.2, -0.15) is 0 Å². The SMILES string of the molecule is CN(Cc1ccccc1)c1ccccc1NC(=O)N1CCOCC1. The van der Waals surface area contributed by atoms with Crippen molar-refractivity contribution in [3.63, 3.8) is 0 Å². The molecule has 2 amide bonds. The number of benzene rings is 2. The normalized spacial score (nSPS) is 14.3. The van der Waals surface area contributed by atoms with Crippen molar-refractivity contribution >= 4 is 17.4 Å². The summed E-state index contributed by atoms with van der Waals surface area (Å²) in [5, 5.41) is 3.04. The van der Waals surface area contributed by atoms with Crippen molar-refractivity contribution in [1.29, 1.82) is 0 Å². The summed E-state index contributed by atoms with van der Waals surface area (Å²) in [6, 6.07) is 18.1. The van der Waals surface area contributed by atoms with E-state index in [9.17, 15) is 4.79 Å². The Hall–Kier alpha value is -2.53. The molecule has 0 spiro atoms. The maximum absolute atomic E-state index is 12.4. The minimum absolute atomic E-state index is 0.0705. The van der Waals surface area contributed by atoms with E-state index in [2.05, 4.69) is 22.3 Å². The minimum atomic E-state index is -0.0705. The van der Waals surface area contributed by atoms with Gasteiger partial charge in [0.25, 0.3) is 0 Å². The van der Waals surface area contributed by atoms with Gasteiger partial charge in [-0.1, -0.05) is 42.5 Å². The van der Waals surface area contributed by atoms with Crippen LogP contribution in [0.5, 0.6) is 0 Å². The Morgan fingerprint density at radius 2 is 1.75 bits per heavy atom. The van der Waals surface area contributed by atoms with Gasteiger partial charge < -0.3 is 19.9 Å². The Morgan fingerprint density at radius 1 is 1.08 bits per heavy atom. The highest BCUT2D eigenvalue weighted by Gasteiger charge is 2.18. The molecule has 1 N–H and O–H groups in total. The summed E-state index contributed by atoms with van der Waals surface area (Å²) >= 11 is 0. The number of amides is 2. The molecule has 1 aliphatic rings. The van der Waals surface area contributed by atoms with Gasteiger partial charge in [-0.3, -0.25) is 0 Å². The van der Waals surface area contributed by atoms with Crippen molar-refractivity contribution < 1.29 is 9.53 Å². The molecule has 0 atom stereocenters. The highest BCUT2D eigenvalue weighted by atomic mass is 16.5. The van der Waals surface area contributed by atoms with Crippen molar-refractivity contribution in [2.75, 3.05) is 43.6 Å². The molecule has 5 heteroatoms. The molecule has 0 aliphatic carbocycles. The zero-order valence-electron chi connectivity index (χ0n) is 13.9. The second kappa shape index (κ2) is 7.84. The van der Waals surface area contributed by atoms with Crippen molar-refractivity contribution in [3.8, 4) is 0 Å². The molecular formula is C19H23N3O2. The summed E-state index contributed by atoms with van der Waals surface area (Å²) < 4.78 is 5.30. The van der Waals surface area contributed by atoms with Gasteiger partial charge in [0.05, 0.1) is 24.6 Å². The summed E-state index contributed by atoms with van der Waals surface area (Å²) in [6.07, 6.45) is 0. The fourth-order valence-electron chi connectivity index (χ4n) is 2.82. The maximum Gasteiger partial charge on any atom is 0.322 e. The Bertz CT molecular complexity index is 669. The molecule has 0 unspecified atom stereocenters. The largest absolute Gasteiger partial charge is 0.378 e. The molecule has 2 aromatic rings. The third kappa shape index (κ3) is 4.06. The molecule has 1 aliphatic heterocycles. The van der Waals surface area contributed by atoms with Crippen molar-refractivity contribution in [2.45, 2.75) is 6.54 Å². The quantitative estimate of drug-likeness (QED) is 0.939. The van der Waals surface area contributed by atoms with Gasteiger partial charge in [0.2, 0.25) is 0 Å². The van der Waals surface area contributed by atoms with Gasteiger partial charge in [0, 0.05) is 26.7 Å². The Balaban J connectivity index is 1.71. The van der Waals surface area contributed by atoms with Gasteiger partial charge in [-0.15, -0.1) is 0 Å². The monoisotopic (exact) mass is 325 g/mol. The highest BCUT2D eigenvalue weighted by Crippen LogP contribution is 2.26. The third-order valence-corrected chi connectivity index (χ3v) is 4.12. The van der Waals surface area contributed by atoms with Gasteiger partial charge >= 0.3 is 6.03 Å². The van der Waals surface area contributed by atoms with Crippen LogP contribution < -0.4 is 10.2 Å². The number of hydrogen-bond acceptors (Lipinski definition) is 3. The summed E-state index contributed by atoms with van der Waals surface area (Å²) in [5.41, 5.74) is 3.06. The van der Waals surface area contributed by atoms with Crippen LogP contribution in [0.15, 0.2) is 54.6 Å². The Morgan fingerprint density at radius 3 is 2.50 bits per heavy atom. The molecule has 0 aromatic heterocycles. The van der Waals surface area contributed by atoms with Crippen LogP contribution in [0.2, 0.25) is 0 Å². The average molecular weight is 325 g/mol. The predicted octanol–water partition coefficient (Wildman–Crippen LogP) is 3.19. The van der Waals surface area contributed by atoms with E-state index in [4.69, 9.17) is 4.74 Å². The van der Waals surface area contributed by atoms with Crippen LogP contribution in [0, 0.1) is 0 Å². The number of para-hydroxylation sites is 2. The maximum atomic E-state index is 12.4. The van der Waals surface area contributed by atoms with Gasteiger partial charge in [0.1, 0.15) is 0 Å². The average Bonchev–Trinajstić information content (AvgIpc) is 2.63. The fourth-order valence-corrected chi connectivity index (χ4v) is 2.82. The van der Waals surface area contributed by atoms with Crippen LogP contribution in [0.3, 0.4) is 0 Å². The van der Waals surface area contributed by atoms with E-state index >= 15 is 0 Å². The van der Waals surface area contributed by atoms with E-state index in [0.717, 1.165) is 17.9 Å². The molecule has 1 heterocycles. The third-order valence-electron chi connectivity index (χ3n) is 4.12. The summed E-state index contributed by atoms with van der Waals surface area (Å²) in [6.45, 7) is 3.25. The van der Waals surface area contributed by atoms with E-state index in [1.54, 1.807) is 4.90 Å². The second-order valence-corrected chi connectivity index (χ2v) is 5.89. The molecule has 2 aromatic carbocycles. The predicted molar refractivity (Wildman–Crippen MR) is 96.4 cm³/mol. The van der Waals surface area contributed by atoms with Crippen LogP contribution in [0.4, 0.5) is 16.2 Å². The number of nitrogens with zero attached hydrogens (tertiary/aromatic N) is 2. The van der Waals surface area contributed by atoms with Crippen LogP contribution >= 0.6 is 0 Å². The van der Waals surface area contributed by atoms with E-state index in [1.807, 2.05) is 49.5 Å². The first-order valence-electron chi connectivity index (χ1n) is 8.22. The lowest BCUT2D eigenvalue weighted by Gasteiger charge is -2.28. The summed E-state index contributed by atoms with van der Waals surface area (Å²) in [7, 11) is 2.03. The second-order valence-electron chi connectivity index (χ2n) is 5.89. The number of urea groups is 1. The van der Waals surface area contributed by atoms with E-state index in [0.29, 0.717) is 26.3 Å². The van der Waals surface area contributed by atoms with Gasteiger partial charge in [0.15, 0.2) is 0 Å². The van der Waals surface area contributed by atoms with Crippen molar-refractivity contribution in [1.82, 2.24) is 4.90 Å². The molecular weight excluding hydrogens is 302 g/mol. The number of carbonyl (C=O) groups excluding carboxylic acids is 1. The number of hydrogen-bond donors (Lipinski definition) is 1. The fraction of sp³-hybridized carbons (Fsp3) is 0.316. The number of carbonyl (C=O) groups is 1. The highest BCUT2D eigenvalue weighted by molar-refractivity contribution is 5.93. The summed E-state index contributed by atoms with van der Waals surface area (Å²) in [4.78, 5) is 16.4. The number of anilines is 2. The minimum Gasteiger partial charge on any atom is -0.378 e. The Kier molecular flexibility index (Phi) is 5.33. The molecule has 0 saturated carbocycles. The van der Waals surface area contributed by atoms with Crippen LogP contribution in [0.25, 0.3) is 0 Å². The van der Waals surface area contributed by atoms with Gasteiger partial charge in [-0.05, 0) is 17.7 Å².